The average molecular weight is 519 g/mol. The van der Waals surface area contributed by atoms with Crippen LogP contribution in [0.1, 0.15) is 38.5 Å². The van der Waals surface area contributed by atoms with Gasteiger partial charge in [0, 0.05) is 28.2 Å². The first kappa shape index (κ1) is 24.7. The van der Waals surface area contributed by atoms with E-state index in [1.807, 2.05) is 36.5 Å². The molecule has 2 N–H and O–H groups in total. The number of aryl methyl sites for hydroxylation is 1. The molecule has 188 valence electrons. The van der Waals surface area contributed by atoms with Gasteiger partial charge < -0.3 is 5.32 Å². The Morgan fingerprint density at radius 2 is 2.05 bits per heavy atom. The van der Waals surface area contributed by atoms with Crippen molar-refractivity contribution in [3.05, 3.63) is 88.2 Å². The van der Waals surface area contributed by atoms with Gasteiger partial charge in [0.05, 0.1) is 36.6 Å². The maximum Gasteiger partial charge on any atom is 0.257 e. The van der Waals surface area contributed by atoms with E-state index in [-0.39, 0.29) is 18.5 Å². The van der Waals surface area contributed by atoms with Gasteiger partial charge in [-0.3, -0.25) is 14.8 Å². The summed E-state index contributed by atoms with van der Waals surface area (Å²) in [5, 5.41) is 19.7. The Morgan fingerprint density at radius 3 is 2.84 bits per heavy atom. The number of fused-ring (bicyclic) bond motifs is 1. The highest BCUT2D eigenvalue weighted by atomic mass is 32.1. The van der Waals surface area contributed by atoms with Gasteiger partial charge in [0.15, 0.2) is 5.13 Å². The van der Waals surface area contributed by atoms with E-state index in [1.54, 1.807) is 29.1 Å². The predicted octanol–water partition coefficient (Wildman–Crippen LogP) is 4.89. The van der Waals surface area contributed by atoms with Crippen molar-refractivity contribution in [2.45, 2.75) is 38.3 Å². The number of halogens is 2. The number of amides is 1. The van der Waals surface area contributed by atoms with Crippen molar-refractivity contribution in [1.82, 2.24) is 20.1 Å². The van der Waals surface area contributed by atoms with Crippen molar-refractivity contribution in [2.24, 2.45) is 0 Å². The number of nitriles is 1. The quantitative estimate of drug-likeness (QED) is 0.346. The van der Waals surface area contributed by atoms with E-state index in [4.69, 9.17) is 5.26 Å². The number of aromatic nitrogens is 3. The number of nitrogens with zero attached hydrogens (tertiary/aromatic N) is 4. The first-order chi connectivity index (χ1) is 18.0. The molecule has 10 heteroatoms. The summed E-state index contributed by atoms with van der Waals surface area (Å²) in [6, 6.07) is 16.8. The number of carbonyl (C=O) groups excluding carboxylic acids is 1. The predicted molar refractivity (Wildman–Crippen MR) is 138 cm³/mol. The maximum atomic E-state index is 12.9. The largest absolute Gasteiger partial charge is 0.308 e. The Morgan fingerprint density at radius 1 is 1.22 bits per heavy atom. The van der Waals surface area contributed by atoms with E-state index in [2.05, 4.69) is 26.8 Å². The summed E-state index contributed by atoms with van der Waals surface area (Å²) < 4.78 is 26.8. The highest BCUT2D eigenvalue weighted by Gasteiger charge is 2.23. The highest BCUT2D eigenvalue weighted by molar-refractivity contribution is 7.15. The van der Waals surface area contributed by atoms with Gasteiger partial charge in [-0.05, 0) is 54.7 Å². The van der Waals surface area contributed by atoms with E-state index >= 15 is 0 Å². The van der Waals surface area contributed by atoms with E-state index < -0.39 is 6.43 Å². The lowest BCUT2D eigenvalue weighted by atomic mass is 9.98. The van der Waals surface area contributed by atoms with Gasteiger partial charge in [-0.1, -0.05) is 24.3 Å². The van der Waals surface area contributed by atoms with E-state index in [1.165, 1.54) is 11.3 Å². The fourth-order valence-electron chi connectivity index (χ4n) is 4.36. The monoisotopic (exact) mass is 518 g/mol. The van der Waals surface area contributed by atoms with Gasteiger partial charge in [0.25, 0.3) is 12.3 Å². The topological polar surface area (TPSA) is 95.6 Å². The summed E-state index contributed by atoms with van der Waals surface area (Å²) in [5.74, 6) is -0.251. The minimum absolute atomic E-state index is 0.00177. The molecule has 0 saturated carbocycles. The molecule has 37 heavy (non-hydrogen) atoms. The number of hydrogen-bond donors (Lipinski definition) is 2. The molecule has 0 bridgehead atoms. The van der Waals surface area contributed by atoms with Gasteiger partial charge in [0.2, 0.25) is 0 Å². The summed E-state index contributed by atoms with van der Waals surface area (Å²) in [7, 11) is 0. The van der Waals surface area contributed by atoms with Crippen molar-refractivity contribution in [3.63, 3.8) is 0 Å². The summed E-state index contributed by atoms with van der Waals surface area (Å²) in [5.41, 5.74) is 4.89. The summed E-state index contributed by atoms with van der Waals surface area (Å²) >= 11 is 1.40. The van der Waals surface area contributed by atoms with E-state index in [0.29, 0.717) is 35.6 Å². The fourth-order valence-corrected chi connectivity index (χ4v) is 5.44. The number of hydrogen-bond acceptors (Lipinski definition) is 6. The number of rotatable bonds is 8. The van der Waals surface area contributed by atoms with Crippen molar-refractivity contribution in [1.29, 1.82) is 5.26 Å². The van der Waals surface area contributed by atoms with Crippen LogP contribution in [-0.4, -0.2) is 39.7 Å². The second kappa shape index (κ2) is 11.0. The Balaban J connectivity index is 1.22. The molecule has 1 aliphatic rings. The Hall–Kier alpha value is -3.94. The van der Waals surface area contributed by atoms with Crippen LogP contribution in [0.5, 0.6) is 0 Å². The number of nitrogens with one attached hydrogen (secondary N) is 2. The van der Waals surface area contributed by atoms with Gasteiger partial charge in [-0.25, -0.2) is 13.8 Å². The maximum absolute atomic E-state index is 12.9. The molecule has 1 unspecified atom stereocenters. The van der Waals surface area contributed by atoms with Crippen LogP contribution in [0, 0.1) is 11.3 Å². The van der Waals surface area contributed by atoms with Gasteiger partial charge in [0.1, 0.15) is 0 Å². The standard InChI is InChI=1S/C27H24F2N6OS/c28-25(29)14-31-22-8-9-23-24(11-22)37-27(33-23)34-26(36)20-3-1-2-18(10-20)15-35-16-21(13-32-35)19-6-4-17(12-30)5-7-19/h1-7,10,13,16,22,25,31H,8-9,11,14-15H2,(H,33,34,36). The molecule has 0 saturated heterocycles. The molecule has 1 aliphatic carbocycles. The van der Waals surface area contributed by atoms with Crippen molar-refractivity contribution < 1.29 is 13.6 Å². The summed E-state index contributed by atoms with van der Waals surface area (Å²) in [6.45, 7) is 0.184. The van der Waals surface area contributed by atoms with Gasteiger partial charge >= 0.3 is 0 Å². The molecular formula is C27H24F2N6OS. The first-order valence-electron chi connectivity index (χ1n) is 11.9. The van der Waals surface area contributed by atoms with Crippen molar-refractivity contribution in [3.8, 4) is 17.2 Å². The van der Waals surface area contributed by atoms with Crippen LogP contribution >= 0.6 is 11.3 Å². The van der Waals surface area contributed by atoms with Crippen LogP contribution in [0.15, 0.2) is 60.9 Å². The molecule has 0 aliphatic heterocycles. The van der Waals surface area contributed by atoms with Crippen LogP contribution in [0.2, 0.25) is 0 Å². The molecule has 2 aromatic heterocycles. The molecule has 2 heterocycles. The molecule has 7 nitrogen and oxygen atoms in total. The van der Waals surface area contributed by atoms with Gasteiger partial charge in [-0.15, -0.1) is 11.3 Å². The molecule has 1 amide bonds. The minimum Gasteiger partial charge on any atom is -0.308 e. The second-order valence-corrected chi connectivity index (χ2v) is 9.98. The molecule has 4 aromatic rings. The zero-order chi connectivity index (χ0) is 25.8. The third-order valence-electron chi connectivity index (χ3n) is 6.24. The lowest BCUT2D eigenvalue weighted by Gasteiger charge is -2.22. The molecule has 1 atom stereocenters. The molecule has 0 fully saturated rings. The Bertz CT molecular complexity index is 1440. The molecule has 0 radical (unpaired) electrons. The average Bonchev–Trinajstić information content (AvgIpc) is 3.54. The van der Waals surface area contributed by atoms with Crippen LogP contribution in [0.3, 0.4) is 0 Å². The van der Waals surface area contributed by atoms with Gasteiger partial charge in [-0.2, -0.15) is 10.4 Å². The molecule has 0 spiro atoms. The number of anilines is 1. The third kappa shape index (κ3) is 6.07. The minimum atomic E-state index is -2.37. The third-order valence-corrected chi connectivity index (χ3v) is 7.27. The van der Waals surface area contributed by atoms with Crippen LogP contribution in [0.4, 0.5) is 13.9 Å². The normalized spacial score (nSPS) is 14.8. The van der Waals surface area contributed by atoms with Crippen molar-refractivity contribution >= 4 is 22.4 Å². The van der Waals surface area contributed by atoms with Crippen LogP contribution in [0.25, 0.3) is 11.1 Å². The molecular weight excluding hydrogens is 494 g/mol. The number of thiazole rings is 1. The first-order valence-corrected chi connectivity index (χ1v) is 12.7. The molecule has 5 rings (SSSR count). The zero-order valence-corrected chi connectivity index (χ0v) is 20.6. The molecule has 2 aromatic carbocycles. The Kier molecular flexibility index (Phi) is 7.35. The number of carbonyl (C=O) groups is 1. The lowest BCUT2D eigenvalue weighted by Crippen LogP contribution is -2.37. The fraction of sp³-hybridized carbons (Fsp3) is 0.259. The van der Waals surface area contributed by atoms with Crippen LogP contribution in [-0.2, 0) is 19.4 Å². The van der Waals surface area contributed by atoms with E-state index in [0.717, 1.165) is 33.7 Å². The number of benzene rings is 2. The zero-order valence-electron chi connectivity index (χ0n) is 19.8. The highest BCUT2D eigenvalue weighted by Crippen LogP contribution is 2.30. The smallest absolute Gasteiger partial charge is 0.257 e. The second-order valence-electron chi connectivity index (χ2n) is 8.90. The van der Waals surface area contributed by atoms with Crippen molar-refractivity contribution in [2.75, 3.05) is 11.9 Å². The number of alkyl halides is 2. The summed E-state index contributed by atoms with van der Waals surface area (Å²) in [6.07, 6.45) is 3.42. The Labute approximate surface area is 216 Å². The van der Waals surface area contributed by atoms with E-state index in [9.17, 15) is 13.6 Å². The lowest BCUT2D eigenvalue weighted by molar-refractivity contribution is 0.102. The summed E-state index contributed by atoms with van der Waals surface area (Å²) in [4.78, 5) is 18.5. The SMILES string of the molecule is N#Cc1ccc(-c2cnn(Cc3cccc(C(=O)Nc4nc5c(s4)CC(NCC(F)F)CC5)c3)c2)cc1. The van der Waals surface area contributed by atoms with Crippen LogP contribution < -0.4 is 10.6 Å².